The summed E-state index contributed by atoms with van der Waals surface area (Å²) in [4.78, 5) is 79.3. The number of nitrogens with one attached hydrogen (secondary N) is 1. The van der Waals surface area contributed by atoms with Crippen molar-refractivity contribution >= 4 is 23.7 Å². The number of benzene rings is 2. The minimum atomic E-state index is -1.34. The number of aromatic nitrogens is 2. The Balaban J connectivity index is 0.000000138. The van der Waals surface area contributed by atoms with Crippen molar-refractivity contribution in [2.24, 2.45) is 5.73 Å². The molecule has 2 aromatic carbocycles. The Labute approximate surface area is 409 Å². The summed E-state index contributed by atoms with van der Waals surface area (Å²) in [6.45, 7) is 0.477. The van der Waals surface area contributed by atoms with Gasteiger partial charge in [0, 0.05) is 53.3 Å². The van der Waals surface area contributed by atoms with E-state index >= 15 is 0 Å². The minimum Gasteiger partial charge on any atom is -0.503 e. The molecule has 2 saturated heterocycles. The molecule has 0 radical (unpaired) electrons. The molecule has 17 nitrogen and oxygen atoms in total. The van der Waals surface area contributed by atoms with Gasteiger partial charge < -0.3 is 54.4 Å². The lowest BCUT2D eigenvalue weighted by molar-refractivity contribution is -0.132. The number of fused-ring (bicyclic) bond motifs is 10. The summed E-state index contributed by atoms with van der Waals surface area (Å²) in [6, 6.07) is 6.98. The zero-order valence-electron chi connectivity index (χ0n) is 39.3. The number of rotatable bonds is 6. The molecule has 0 spiro atoms. The fraction of sp³-hybridized carbons (Fsp3) is 0.490. The van der Waals surface area contributed by atoms with Gasteiger partial charge in [0.15, 0.2) is 35.3 Å². The van der Waals surface area contributed by atoms with Gasteiger partial charge in [-0.1, -0.05) is 37.8 Å². The summed E-state index contributed by atoms with van der Waals surface area (Å²) in [7, 11) is 1.26. The Hall–Kier alpha value is -6.58. The quantitative estimate of drug-likeness (QED) is 0.170. The van der Waals surface area contributed by atoms with E-state index in [0.717, 1.165) is 95.2 Å². The second-order valence-corrected chi connectivity index (χ2v) is 20.1. The number of methoxy groups -OCH3 is 1. The second kappa shape index (κ2) is 18.8. The molecular formula is C51H54F4N6O11. The monoisotopic (exact) mass is 1000 g/mol. The highest BCUT2D eigenvalue weighted by Gasteiger charge is 2.50. The van der Waals surface area contributed by atoms with Crippen molar-refractivity contribution in [1.29, 1.82) is 0 Å². The molecule has 4 aromatic rings. The molecule has 21 heteroatoms. The summed E-state index contributed by atoms with van der Waals surface area (Å²) < 4.78 is 74.2. The molecule has 3 amide bonds. The fourth-order valence-electron chi connectivity index (χ4n) is 12.4. The largest absolute Gasteiger partial charge is 0.503 e. The number of hydrogen-bond donors (Lipinski definition) is 4. The van der Waals surface area contributed by atoms with Crippen LogP contribution in [0.4, 0.5) is 17.6 Å². The SMILES string of the molecule is COc1c2n(cc(C(=O)O)c1=O)CC1O[C@H]3CC[C@H](C3)N1C2=O.NC1(c2ccc(F)cc2F)CCCC1.O=C(NC1(c2ccc(F)cc2F)CCCC1)c1cn2c(c(O)c1=O)C(=O)N1C(C2)O[C@H]2CC[C@@H]1C2. The van der Waals surface area contributed by atoms with Gasteiger partial charge in [-0.15, -0.1) is 0 Å². The van der Waals surface area contributed by atoms with E-state index in [2.05, 4.69) is 5.32 Å². The number of hydrogen-bond acceptors (Lipinski definition) is 11. The standard InChI is InChI=1S/C25H25F2N3O5.C15H16N2O6.C11H13F2N/c26-13-3-6-17(18(27)9-13)25(7-1-2-8-25)28-23(33)16-11-29-12-19-30(14-4-5-15(10-14)35-19)24(34)20(29)22(32)21(16)31;1-22-13-11-14(19)17-7-2-3-8(4-7)23-10(17)6-16(11)5-9(12(13)18)15(20)21;12-8-3-4-9(10(13)7-8)11(14)5-1-2-6-11/h3,6,9,11,14-15,19,32H,1-2,4-5,7-8,10,12H2,(H,28,33);5,7-8,10H,2-4,6H2,1H3,(H,20,21);3-4,7H,1-2,5-6,14H2/t14-,15+,19?;7-,8+,10?;/m11./s1. The van der Waals surface area contributed by atoms with Crippen molar-refractivity contribution < 1.29 is 61.2 Å². The van der Waals surface area contributed by atoms with Crippen LogP contribution in [0.3, 0.4) is 0 Å². The summed E-state index contributed by atoms with van der Waals surface area (Å²) in [6.07, 6.45) is 12.6. The average molecular weight is 1000 g/mol. The number of aromatic hydroxyl groups is 1. The van der Waals surface area contributed by atoms with Crippen LogP contribution in [-0.4, -0.2) is 96.7 Å². The molecular weight excluding hydrogens is 949 g/mol. The molecule has 4 aliphatic heterocycles. The van der Waals surface area contributed by atoms with Crippen molar-refractivity contribution in [3.63, 3.8) is 0 Å². The van der Waals surface area contributed by atoms with Crippen LogP contribution in [0.1, 0.15) is 143 Å². The van der Waals surface area contributed by atoms with E-state index in [1.54, 1.807) is 9.80 Å². The van der Waals surface area contributed by atoms with Crippen molar-refractivity contribution in [3.8, 4) is 11.5 Å². The van der Waals surface area contributed by atoms with Crippen LogP contribution in [0.5, 0.6) is 11.5 Å². The van der Waals surface area contributed by atoms with E-state index in [0.29, 0.717) is 24.9 Å². The molecule has 2 aromatic heterocycles. The zero-order chi connectivity index (χ0) is 51.0. The lowest BCUT2D eigenvalue weighted by atomic mass is 9.87. The first-order valence-corrected chi connectivity index (χ1v) is 24.4. The second-order valence-electron chi connectivity index (χ2n) is 20.1. The third-order valence-electron chi connectivity index (χ3n) is 15.8. The number of carboxylic acid groups (broad SMARTS) is 1. The molecule has 4 aliphatic carbocycles. The first kappa shape index (κ1) is 49.0. The summed E-state index contributed by atoms with van der Waals surface area (Å²) >= 11 is 0. The van der Waals surface area contributed by atoms with E-state index in [4.69, 9.17) is 19.9 Å². The molecule has 6 atom stereocenters. The van der Waals surface area contributed by atoms with Gasteiger partial charge in [0.1, 0.15) is 34.4 Å². The maximum atomic E-state index is 14.7. The minimum absolute atomic E-state index is 0.00491. The van der Waals surface area contributed by atoms with E-state index in [1.807, 2.05) is 0 Å². The summed E-state index contributed by atoms with van der Waals surface area (Å²) in [5.41, 5.74) is 2.46. The number of aromatic carboxylic acids is 1. The third kappa shape index (κ3) is 8.51. The van der Waals surface area contributed by atoms with E-state index < -0.39 is 86.8 Å². The van der Waals surface area contributed by atoms with Crippen LogP contribution in [0.15, 0.2) is 58.4 Å². The number of nitrogens with zero attached hydrogens (tertiary/aromatic N) is 4. The van der Waals surface area contributed by atoms with Gasteiger partial charge in [0.05, 0.1) is 37.9 Å². The van der Waals surface area contributed by atoms with E-state index in [-0.39, 0.29) is 65.0 Å². The van der Waals surface area contributed by atoms with E-state index in [1.165, 1.54) is 46.8 Å². The molecule has 4 bridgehead atoms. The van der Waals surface area contributed by atoms with Crippen LogP contribution in [0.25, 0.3) is 0 Å². The first-order chi connectivity index (χ1) is 34.4. The number of carbonyl (C=O) groups is 4. The molecule has 6 heterocycles. The van der Waals surface area contributed by atoms with Crippen LogP contribution in [-0.2, 0) is 33.6 Å². The van der Waals surface area contributed by atoms with Crippen LogP contribution < -0.4 is 26.6 Å². The topological polar surface area (TPSA) is 225 Å². The van der Waals surface area contributed by atoms with Crippen molar-refractivity contribution in [2.45, 2.75) is 151 Å². The summed E-state index contributed by atoms with van der Waals surface area (Å²) in [5.74, 6) is -6.52. The number of amides is 3. The highest BCUT2D eigenvalue weighted by atomic mass is 19.1. The van der Waals surface area contributed by atoms with Gasteiger partial charge in [0.25, 0.3) is 17.7 Å². The van der Waals surface area contributed by atoms with Gasteiger partial charge in [-0.2, -0.15) is 0 Å². The molecule has 12 rings (SSSR count). The molecule has 2 unspecified atom stereocenters. The smallest absolute Gasteiger partial charge is 0.341 e. The normalized spacial score (nSPS) is 25.8. The Bertz CT molecular complexity index is 3010. The average Bonchev–Trinajstić information content (AvgIpc) is 4.16. The summed E-state index contributed by atoms with van der Waals surface area (Å²) in [5, 5.41) is 22.7. The number of pyridine rings is 2. The van der Waals surface area contributed by atoms with Gasteiger partial charge in [0.2, 0.25) is 10.9 Å². The molecule has 8 aliphatic rings. The van der Waals surface area contributed by atoms with E-state index in [9.17, 15) is 56.5 Å². The number of ether oxygens (including phenoxy) is 3. The number of nitrogens with two attached hydrogens (primary N) is 1. The van der Waals surface area contributed by atoms with Crippen LogP contribution >= 0.6 is 0 Å². The Kier molecular flexibility index (Phi) is 12.8. The molecule has 4 saturated carbocycles. The lowest BCUT2D eigenvalue weighted by Crippen LogP contribution is -2.57. The molecule has 382 valence electrons. The maximum absolute atomic E-state index is 14.7. The van der Waals surface area contributed by atoms with Gasteiger partial charge in [-0.3, -0.25) is 24.0 Å². The molecule has 72 heavy (non-hydrogen) atoms. The van der Waals surface area contributed by atoms with Gasteiger partial charge >= 0.3 is 5.97 Å². The van der Waals surface area contributed by atoms with Crippen LogP contribution in [0.2, 0.25) is 0 Å². The molecule has 6 fully saturated rings. The number of carboxylic acids is 1. The maximum Gasteiger partial charge on any atom is 0.341 e. The Morgan fingerprint density at radius 3 is 1.74 bits per heavy atom. The zero-order valence-corrected chi connectivity index (χ0v) is 39.3. The van der Waals surface area contributed by atoms with Crippen LogP contribution in [0, 0.1) is 23.3 Å². The predicted octanol–water partition coefficient (Wildman–Crippen LogP) is 5.75. The van der Waals surface area contributed by atoms with Crippen molar-refractivity contribution in [1.82, 2.24) is 24.3 Å². The van der Waals surface area contributed by atoms with Gasteiger partial charge in [-0.25, -0.2) is 22.4 Å². The third-order valence-corrected chi connectivity index (χ3v) is 15.8. The van der Waals surface area contributed by atoms with Crippen molar-refractivity contribution in [2.75, 3.05) is 7.11 Å². The Morgan fingerprint density at radius 2 is 1.21 bits per heavy atom. The lowest BCUT2D eigenvalue weighted by Gasteiger charge is -2.44. The highest BCUT2D eigenvalue weighted by molar-refractivity contribution is 6.00. The fourth-order valence-corrected chi connectivity index (χ4v) is 12.4. The number of carbonyl (C=O) groups excluding carboxylic acids is 3. The first-order valence-electron chi connectivity index (χ1n) is 24.4. The number of halogens is 4. The van der Waals surface area contributed by atoms with Crippen molar-refractivity contribution in [3.05, 3.63) is 126 Å². The predicted molar refractivity (Wildman–Crippen MR) is 246 cm³/mol. The Morgan fingerprint density at radius 1 is 0.708 bits per heavy atom. The highest BCUT2D eigenvalue weighted by Crippen LogP contribution is 2.43. The molecule has 5 N–H and O–H groups in total. The van der Waals surface area contributed by atoms with Gasteiger partial charge in [-0.05, 0) is 76.3 Å².